The highest BCUT2D eigenvalue weighted by atomic mass is 16.5. The second-order valence-electron chi connectivity index (χ2n) is 6.56. The zero-order valence-electron chi connectivity index (χ0n) is 14.8. The number of nitrogens with one attached hydrogen (secondary N) is 1. The minimum absolute atomic E-state index is 0.0401. The lowest BCUT2D eigenvalue weighted by molar-refractivity contribution is -0.0672. The van der Waals surface area contributed by atoms with Gasteiger partial charge in [0.25, 0.3) is 5.91 Å². The summed E-state index contributed by atoms with van der Waals surface area (Å²) in [6.07, 6.45) is 3.68. The van der Waals surface area contributed by atoms with Gasteiger partial charge >= 0.3 is 0 Å². The minimum atomic E-state index is -0.0401. The van der Waals surface area contributed by atoms with Gasteiger partial charge in [0.2, 0.25) is 0 Å². The van der Waals surface area contributed by atoms with Crippen LogP contribution in [0.25, 0.3) is 0 Å². The zero-order valence-corrected chi connectivity index (χ0v) is 14.8. The number of rotatable bonds is 6. The monoisotopic (exact) mass is 343 g/mol. The van der Waals surface area contributed by atoms with Crippen molar-refractivity contribution in [3.63, 3.8) is 0 Å². The maximum absolute atomic E-state index is 12.3. The first kappa shape index (κ1) is 17.6. The molecule has 2 aromatic rings. The smallest absolute Gasteiger partial charge is 0.251 e. The summed E-state index contributed by atoms with van der Waals surface area (Å²) in [5.74, 6) is -0.0401. The quantitative estimate of drug-likeness (QED) is 0.852. The van der Waals surface area contributed by atoms with Crippen LogP contribution in [0.1, 0.15) is 29.8 Å². The van der Waals surface area contributed by atoms with Crippen LogP contribution in [-0.4, -0.2) is 64.0 Å². The fourth-order valence-corrected chi connectivity index (χ4v) is 3.16. The van der Waals surface area contributed by atoms with E-state index in [1.54, 1.807) is 11.0 Å². The predicted molar refractivity (Wildman–Crippen MR) is 94.3 cm³/mol. The first-order valence-corrected chi connectivity index (χ1v) is 8.67. The first-order valence-electron chi connectivity index (χ1n) is 8.67. The highest BCUT2D eigenvalue weighted by Gasteiger charge is 2.21. The van der Waals surface area contributed by atoms with Crippen LogP contribution in [0, 0.1) is 0 Å². The van der Waals surface area contributed by atoms with Gasteiger partial charge in [-0.2, -0.15) is 5.10 Å². The molecule has 0 radical (unpaired) electrons. The van der Waals surface area contributed by atoms with Crippen LogP contribution in [0.4, 0.5) is 0 Å². The first-order chi connectivity index (χ1) is 12.1. The van der Waals surface area contributed by atoms with Gasteiger partial charge in [0.1, 0.15) is 12.7 Å². The third kappa shape index (κ3) is 5.11. The molecular weight excluding hydrogens is 318 g/mol. The molecule has 134 valence electrons. The molecular formula is C18H25N5O2. The third-order valence-corrected chi connectivity index (χ3v) is 4.24. The highest BCUT2D eigenvalue weighted by Crippen LogP contribution is 2.10. The number of hydrogen-bond acceptors (Lipinski definition) is 5. The van der Waals surface area contributed by atoms with Gasteiger partial charge in [-0.25, -0.2) is 9.67 Å². The van der Waals surface area contributed by atoms with Crippen molar-refractivity contribution >= 4 is 5.91 Å². The van der Waals surface area contributed by atoms with Crippen LogP contribution in [0.2, 0.25) is 0 Å². The average Bonchev–Trinajstić information content (AvgIpc) is 3.07. The van der Waals surface area contributed by atoms with Gasteiger partial charge in [0.15, 0.2) is 0 Å². The largest absolute Gasteiger partial charge is 0.373 e. The summed E-state index contributed by atoms with van der Waals surface area (Å²) >= 11 is 0. The molecule has 0 unspecified atom stereocenters. The number of nitrogens with zero attached hydrogens (tertiary/aromatic N) is 4. The number of benzene rings is 1. The van der Waals surface area contributed by atoms with Gasteiger partial charge in [0, 0.05) is 31.7 Å². The minimum Gasteiger partial charge on any atom is -0.373 e. The van der Waals surface area contributed by atoms with Gasteiger partial charge in [-0.1, -0.05) is 12.1 Å². The molecule has 2 atom stereocenters. The lowest BCUT2D eigenvalue weighted by Gasteiger charge is -2.35. The van der Waals surface area contributed by atoms with E-state index in [0.717, 1.165) is 25.2 Å². The van der Waals surface area contributed by atoms with Crippen LogP contribution in [-0.2, 0) is 11.3 Å². The lowest BCUT2D eigenvalue weighted by atomic mass is 10.1. The topological polar surface area (TPSA) is 72.3 Å². The van der Waals surface area contributed by atoms with E-state index >= 15 is 0 Å². The Balaban J connectivity index is 1.45. The van der Waals surface area contributed by atoms with Gasteiger partial charge < -0.3 is 10.1 Å². The Kier molecular flexibility index (Phi) is 5.78. The molecule has 1 aliphatic heterocycles. The van der Waals surface area contributed by atoms with E-state index in [1.165, 1.54) is 6.33 Å². The summed E-state index contributed by atoms with van der Waals surface area (Å²) in [6.45, 7) is 8.13. The molecule has 1 amide bonds. The van der Waals surface area contributed by atoms with Crippen molar-refractivity contribution in [1.29, 1.82) is 0 Å². The SMILES string of the molecule is C[C@@H]1CN(CCNC(=O)c2ccc(Cn3cncn3)cc2)C[C@@H](C)O1. The Labute approximate surface area is 148 Å². The molecule has 1 N–H and O–H groups in total. The van der Waals surface area contributed by atoms with Crippen molar-refractivity contribution in [2.75, 3.05) is 26.2 Å². The number of aromatic nitrogens is 3. The van der Waals surface area contributed by atoms with Crippen LogP contribution in [0.3, 0.4) is 0 Å². The maximum atomic E-state index is 12.3. The van der Waals surface area contributed by atoms with E-state index in [2.05, 4.69) is 34.1 Å². The van der Waals surface area contributed by atoms with E-state index in [1.807, 2.05) is 24.3 Å². The standard InChI is InChI=1S/C18H25N5O2/c1-14-9-22(10-15(2)25-14)8-7-20-18(24)17-5-3-16(4-6-17)11-23-13-19-12-21-23/h3-6,12-15H,7-11H2,1-2H3,(H,20,24)/t14-,15-/m1/s1. The normalized spacial score (nSPS) is 21.2. The Hall–Kier alpha value is -2.25. The predicted octanol–water partition coefficient (Wildman–Crippen LogP) is 1.17. The van der Waals surface area contributed by atoms with Crippen molar-refractivity contribution < 1.29 is 9.53 Å². The molecule has 2 heterocycles. The van der Waals surface area contributed by atoms with Gasteiger partial charge in [-0.05, 0) is 31.5 Å². The molecule has 1 saturated heterocycles. The fourth-order valence-electron chi connectivity index (χ4n) is 3.16. The molecule has 7 nitrogen and oxygen atoms in total. The van der Waals surface area contributed by atoms with Crippen LogP contribution in [0.15, 0.2) is 36.9 Å². The number of carbonyl (C=O) groups excluding carboxylic acids is 1. The summed E-state index contributed by atoms with van der Waals surface area (Å²) < 4.78 is 7.47. The molecule has 0 aliphatic carbocycles. The van der Waals surface area contributed by atoms with Crippen molar-refractivity contribution in [2.24, 2.45) is 0 Å². The van der Waals surface area contributed by atoms with Crippen LogP contribution >= 0.6 is 0 Å². The zero-order chi connectivity index (χ0) is 17.6. The van der Waals surface area contributed by atoms with Crippen molar-refractivity contribution in [1.82, 2.24) is 25.0 Å². The van der Waals surface area contributed by atoms with Crippen LogP contribution < -0.4 is 5.32 Å². The molecule has 3 rings (SSSR count). The second kappa shape index (κ2) is 8.22. The van der Waals surface area contributed by atoms with E-state index in [4.69, 9.17) is 4.74 Å². The van der Waals surface area contributed by atoms with Crippen molar-refractivity contribution in [3.05, 3.63) is 48.0 Å². The molecule has 1 aromatic heterocycles. The number of carbonyl (C=O) groups is 1. The summed E-state index contributed by atoms with van der Waals surface area (Å²) in [6, 6.07) is 7.59. The molecule has 0 bridgehead atoms. The van der Waals surface area contributed by atoms with E-state index in [-0.39, 0.29) is 18.1 Å². The summed E-state index contributed by atoms with van der Waals surface area (Å²) in [4.78, 5) is 18.5. The molecule has 7 heteroatoms. The Bertz CT molecular complexity index is 661. The van der Waals surface area contributed by atoms with E-state index < -0.39 is 0 Å². The maximum Gasteiger partial charge on any atom is 0.251 e. The number of hydrogen-bond donors (Lipinski definition) is 1. The Morgan fingerprint density at radius 2 is 1.96 bits per heavy atom. The average molecular weight is 343 g/mol. The molecule has 1 aliphatic rings. The van der Waals surface area contributed by atoms with Crippen molar-refractivity contribution in [3.8, 4) is 0 Å². The molecule has 1 aromatic carbocycles. The number of ether oxygens (including phenoxy) is 1. The number of morpholine rings is 1. The summed E-state index contributed by atoms with van der Waals surface area (Å²) in [5, 5.41) is 7.07. The van der Waals surface area contributed by atoms with Crippen molar-refractivity contribution in [2.45, 2.75) is 32.6 Å². The van der Waals surface area contributed by atoms with Gasteiger partial charge in [-0.15, -0.1) is 0 Å². The van der Waals surface area contributed by atoms with E-state index in [9.17, 15) is 4.79 Å². The fraction of sp³-hybridized carbons (Fsp3) is 0.500. The second-order valence-corrected chi connectivity index (χ2v) is 6.56. The summed E-state index contributed by atoms with van der Waals surface area (Å²) in [7, 11) is 0. The molecule has 25 heavy (non-hydrogen) atoms. The third-order valence-electron chi connectivity index (χ3n) is 4.24. The number of amides is 1. The van der Waals surface area contributed by atoms with Gasteiger partial charge in [0.05, 0.1) is 18.8 Å². The molecule has 1 fully saturated rings. The van der Waals surface area contributed by atoms with Gasteiger partial charge in [-0.3, -0.25) is 9.69 Å². The Morgan fingerprint density at radius 3 is 2.60 bits per heavy atom. The highest BCUT2D eigenvalue weighted by molar-refractivity contribution is 5.94. The molecule has 0 saturated carbocycles. The van der Waals surface area contributed by atoms with E-state index in [0.29, 0.717) is 18.7 Å². The molecule has 0 spiro atoms. The Morgan fingerprint density at radius 1 is 1.24 bits per heavy atom. The summed E-state index contributed by atoms with van der Waals surface area (Å²) in [5.41, 5.74) is 1.75. The lowest BCUT2D eigenvalue weighted by Crippen LogP contribution is -2.47. The van der Waals surface area contributed by atoms with Crippen LogP contribution in [0.5, 0.6) is 0 Å².